The van der Waals surface area contributed by atoms with E-state index in [4.69, 9.17) is 0 Å². The number of carbonyl (C=O) groups is 2. The van der Waals surface area contributed by atoms with E-state index in [1.54, 1.807) is 18.3 Å². The maximum absolute atomic E-state index is 12.6. The Kier molecular flexibility index (Phi) is 3.75. The summed E-state index contributed by atoms with van der Waals surface area (Å²) in [5, 5.41) is 3.49. The molecule has 2 amide bonds. The molecule has 0 saturated carbocycles. The van der Waals surface area contributed by atoms with Crippen molar-refractivity contribution in [1.29, 1.82) is 0 Å². The van der Waals surface area contributed by atoms with Crippen LogP contribution in [0.4, 0.5) is 18.9 Å². The Morgan fingerprint density at radius 3 is 2.78 bits per heavy atom. The highest BCUT2D eigenvalue weighted by Crippen LogP contribution is 2.27. The van der Waals surface area contributed by atoms with E-state index in [1.165, 1.54) is 0 Å². The summed E-state index contributed by atoms with van der Waals surface area (Å²) >= 11 is 0. The fraction of sp³-hybridized carbons (Fsp3) is 0.333. The van der Waals surface area contributed by atoms with Gasteiger partial charge in [0.15, 0.2) is 0 Å². The fourth-order valence-electron chi connectivity index (χ4n) is 2.85. The molecule has 122 valence electrons. The van der Waals surface area contributed by atoms with E-state index in [-0.39, 0.29) is 13.0 Å². The minimum Gasteiger partial charge on any atom is -0.359 e. The number of H-pyrrole nitrogens is 1. The van der Waals surface area contributed by atoms with Gasteiger partial charge in [-0.25, -0.2) is 0 Å². The zero-order valence-corrected chi connectivity index (χ0v) is 12.0. The molecule has 0 radical (unpaired) electrons. The monoisotopic (exact) mass is 325 g/mol. The molecule has 0 bridgehead atoms. The number of likely N-dealkylation sites (tertiary alicyclic amines) is 1. The van der Waals surface area contributed by atoms with Gasteiger partial charge in [0.25, 0.3) is 0 Å². The molecular formula is C15H14F3N3O2. The topological polar surface area (TPSA) is 65.2 Å². The Morgan fingerprint density at radius 2 is 2.04 bits per heavy atom. The number of carbonyl (C=O) groups excluding carboxylic acids is 2. The summed E-state index contributed by atoms with van der Waals surface area (Å²) in [5.41, 5.74) is 1.16. The highest BCUT2D eigenvalue weighted by Gasteiger charge is 2.47. The molecule has 8 heteroatoms. The molecule has 1 aliphatic rings. The third-order valence-electron chi connectivity index (χ3n) is 3.90. The molecule has 0 spiro atoms. The average molecular weight is 325 g/mol. The van der Waals surface area contributed by atoms with Crippen molar-refractivity contribution in [2.24, 2.45) is 0 Å². The van der Waals surface area contributed by atoms with Gasteiger partial charge in [0, 0.05) is 18.1 Å². The van der Waals surface area contributed by atoms with E-state index in [0.717, 1.165) is 5.39 Å². The van der Waals surface area contributed by atoms with Crippen LogP contribution in [0, 0.1) is 0 Å². The summed E-state index contributed by atoms with van der Waals surface area (Å²) in [7, 11) is 0. The highest BCUT2D eigenvalue weighted by atomic mass is 19.4. The van der Waals surface area contributed by atoms with Crippen molar-refractivity contribution in [2.75, 3.05) is 11.9 Å². The molecule has 1 aliphatic heterocycles. The van der Waals surface area contributed by atoms with Gasteiger partial charge in [-0.05, 0) is 25.0 Å². The summed E-state index contributed by atoms with van der Waals surface area (Å²) in [4.78, 5) is 27.3. The summed E-state index contributed by atoms with van der Waals surface area (Å²) in [6.45, 7) is -0.0663. The maximum atomic E-state index is 12.6. The first kappa shape index (κ1) is 15.4. The first-order chi connectivity index (χ1) is 10.9. The number of anilines is 1. The van der Waals surface area contributed by atoms with Crippen LogP contribution in [-0.4, -0.2) is 40.5 Å². The Hall–Kier alpha value is -2.51. The Morgan fingerprint density at radius 1 is 1.26 bits per heavy atom. The van der Waals surface area contributed by atoms with E-state index in [9.17, 15) is 22.8 Å². The van der Waals surface area contributed by atoms with Gasteiger partial charge in [0.1, 0.15) is 6.04 Å². The molecule has 23 heavy (non-hydrogen) atoms. The van der Waals surface area contributed by atoms with E-state index in [1.807, 2.05) is 12.1 Å². The number of amides is 2. The van der Waals surface area contributed by atoms with Gasteiger partial charge < -0.3 is 15.2 Å². The van der Waals surface area contributed by atoms with Crippen LogP contribution in [0.3, 0.4) is 0 Å². The molecule has 2 N–H and O–H groups in total. The zero-order valence-electron chi connectivity index (χ0n) is 12.0. The minimum atomic E-state index is -4.97. The second-order valence-electron chi connectivity index (χ2n) is 5.39. The van der Waals surface area contributed by atoms with Crippen molar-refractivity contribution in [3.05, 3.63) is 30.5 Å². The number of benzene rings is 1. The quantitative estimate of drug-likeness (QED) is 0.891. The third-order valence-corrected chi connectivity index (χ3v) is 3.90. The number of hydrogen-bond acceptors (Lipinski definition) is 2. The summed E-state index contributed by atoms with van der Waals surface area (Å²) in [5.74, 6) is -2.57. The molecular weight excluding hydrogens is 311 g/mol. The molecule has 1 saturated heterocycles. The lowest BCUT2D eigenvalue weighted by Gasteiger charge is -2.24. The smallest absolute Gasteiger partial charge is 0.359 e. The number of alkyl halides is 3. The predicted molar refractivity (Wildman–Crippen MR) is 77.7 cm³/mol. The number of rotatable bonds is 2. The van der Waals surface area contributed by atoms with Crippen molar-refractivity contribution in [1.82, 2.24) is 9.88 Å². The number of halogens is 3. The second-order valence-corrected chi connectivity index (χ2v) is 5.39. The van der Waals surface area contributed by atoms with Crippen LogP contribution >= 0.6 is 0 Å². The molecule has 1 aromatic carbocycles. The molecule has 0 aliphatic carbocycles. The van der Waals surface area contributed by atoms with Crippen molar-refractivity contribution in [3.63, 3.8) is 0 Å². The molecule has 2 heterocycles. The Labute approximate surface area is 129 Å². The lowest BCUT2D eigenvalue weighted by atomic mass is 10.2. The number of nitrogens with one attached hydrogen (secondary N) is 2. The van der Waals surface area contributed by atoms with Gasteiger partial charge in [0.2, 0.25) is 5.91 Å². The van der Waals surface area contributed by atoms with E-state index < -0.39 is 24.0 Å². The molecule has 1 aromatic heterocycles. The zero-order chi connectivity index (χ0) is 16.6. The third kappa shape index (κ3) is 2.88. The van der Waals surface area contributed by atoms with Crippen LogP contribution in [0.2, 0.25) is 0 Å². The van der Waals surface area contributed by atoms with Gasteiger partial charge in [-0.3, -0.25) is 9.59 Å². The first-order valence-electron chi connectivity index (χ1n) is 7.12. The second kappa shape index (κ2) is 5.60. The SMILES string of the molecule is O=C(Nc1cccc2cc[nH]c12)C1CCCN1C(=O)C(F)(F)F. The largest absolute Gasteiger partial charge is 0.471 e. The number of fused-ring (bicyclic) bond motifs is 1. The fourth-order valence-corrected chi connectivity index (χ4v) is 2.85. The molecule has 1 fully saturated rings. The Balaban J connectivity index is 1.80. The molecule has 1 atom stereocenters. The summed E-state index contributed by atoms with van der Waals surface area (Å²) in [6, 6.07) is 5.95. The van der Waals surface area contributed by atoms with Crippen LogP contribution in [0.5, 0.6) is 0 Å². The highest BCUT2D eigenvalue weighted by molar-refractivity contribution is 6.03. The average Bonchev–Trinajstić information content (AvgIpc) is 3.14. The minimum absolute atomic E-state index is 0.0663. The van der Waals surface area contributed by atoms with Gasteiger partial charge >= 0.3 is 12.1 Å². The van der Waals surface area contributed by atoms with Crippen molar-refractivity contribution >= 4 is 28.4 Å². The lowest BCUT2D eigenvalue weighted by molar-refractivity contribution is -0.186. The van der Waals surface area contributed by atoms with Crippen molar-refractivity contribution in [2.45, 2.75) is 25.1 Å². The van der Waals surface area contributed by atoms with Crippen molar-refractivity contribution < 1.29 is 22.8 Å². The van der Waals surface area contributed by atoms with Crippen LogP contribution in [-0.2, 0) is 9.59 Å². The molecule has 3 rings (SSSR count). The van der Waals surface area contributed by atoms with Crippen LogP contribution < -0.4 is 5.32 Å². The van der Waals surface area contributed by atoms with Gasteiger partial charge in [-0.2, -0.15) is 13.2 Å². The van der Waals surface area contributed by atoms with Crippen LogP contribution in [0.15, 0.2) is 30.5 Å². The molecule has 1 unspecified atom stereocenters. The predicted octanol–water partition coefficient (Wildman–Crippen LogP) is 2.66. The summed E-state index contributed by atoms with van der Waals surface area (Å²) < 4.78 is 37.8. The standard InChI is InChI=1S/C15H14F3N3O2/c16-15(17,18)14(23)21-8-2-5-11(21)13(22)20-10-4-1-3-9-6-7-19-12(9)10/h1,3-4,6-7,11,19H,2,5,8H2,(H,20,22). The molecule has 5 nitrogen and oxygen atoms in total. The van der Waals surface area contributed by atoms with E-state index in [0.29, 0.717) is 22.5 Å². The van der Waals surface area contributed by atoms with Crippen LogP contribution in [0.25, 0.3) is 10.9 Å². The van der Waals surface area contributed by atoms with Gasteiger partial charge in [-0.15, -0.1) is 0 Å². The number of aromatic amines is 1. The van der Waals surface area contributed by atoms with Crippen molar-refractivity contribution in [3.8, 4) is 0 Å². The Bertz CT molecular complexity index is 754. The first-order valence-corrected chi connectivity index (χ1v) is 7.12. The lowest BCUT2D eigenvalue weighted by Crippen LogP contribution is -2.48. The number of nitrogens with zero attached hydrogens (tertiary/aromatic N) is 1. The summed E-state index contributed by atoms with van der Waals surface area (Å²) in [6.07, 6.45) is -2.68. The number of hydrogen-bond donors (Lipinski definition) is 2. The van der Waals surface area contributed by atoms with E-state index >= 15 is 0 Å². The number of aromatic nitrogens is 1. The number of para-hydroxylation sites is 1. The van der Waals surface area contributed by atoms with Crippen LogP contribution in [0.1, 0.15) is 12.8 Å². The van der Waals surface area contributed by atoms with E-state index in [2.05, 4.69) is 10.3 Å². The molecule has 2 aromatic rings. The van der Waals surface area contributed by atoms with Gasteiger partial charge in [0.05, 0.1) is 11.2 Å². The normalized spacial score (nSPS) is 18.4. The van der Waals surface area contributed by atoms with Gasteiger partial charge in [-0.1, -0.05) is 12.1 Å². The maximum Gasteiger partial charge on any atom is 0.471 e.